The van der Waals surface area contributed by atoms with E-state index in [-0.39, 0.29) is 45.9 Å². The van der Waals surface area contributed by atoms with E-state index in [1.165, 1.54) is 37.3 Å². The van der Waals surface area contributed by atoms with Crippen LogP contribution in [0.2, 0.25) is 5.02 Å². The van der Waals surface area contributed by atoms with E-state index in [2.05, 4.69) is 14.7 Å². The van der Waals surface area contributed by atoms with E-state index < -0.39 is 23.9 Å². The molecule has 4 rings (SSSR count). The average molecular weight is 537 g/mol. The van der Waals surface area contributed by atoms with E-state index in [9.17, 15) is 13.2 Å². The van der Waals surface area contributed by atoms with Crippen molar-refractivity contribution in [3.05, 3.63) is 58.6 Å². The Kier molecular flexibility index (Phi) is 7.91. The minimum Gasteiger partial charge on any atom is -0.471 e. The van der Waals surface area contributed by atoms with E-state index in [4.69, 9.17) is 27.5 Å². The van der Waals surface area contributed by atoms with Crippen molar-refractivity contribution >= 4 is 40.8 Å². The highest BCUT2D eigenvalue weighted by atomic mass is 35.5. The second kappa shape index (κ2) is 10.9. The number of nitrogens with two attached hydrogens (primary N) is 1. The van der Waals surface area contributed by atoms with Crippen molar-refractivity contribution in [1.29, 1.82) is 5.41 Å². The maximum absolute atomic E-state index is 14.9. The van der Waals surface area contributed by atoms with Crippen LogP contribution >= 0.6 is 23.5 Å². The predicted molar refractivity (Wildman–Crippen MR) is 137 cm³/mol. The zero-order chi connectivity index (χ0) is 26.0. The Balaban J connectivity index is 1.59. The quantitative estimate of drug-likeness (QED) is 0.267. The topological polar surface area (TPSA) is 100 Å². The van der Waals surface area contributed by atoms with E-state index in [1.54, 1.807) is 6.07 Å². The van der Waals surface area contributed by atoms with Crippen molar-refractivity contribution in [3.63, 3.8) is 0 Å². The van der Waals surface area contributed by atoms with Crippen molar-refractivity contribution < 1.29 is 17.9 Å². The monoisotopic (exact) mass is 536 g/mol. The van der Waals surface area contributed by atoms with Gasteiger partial charge in [0.05, 0.1) is 16.1 Å². The third-order valence-electron chi connectivity index (χ3n) is 5.62. The Bertz CT molecular complexity index is 1300. The Morgan fingerprint density at radius 3 is 2.69 bits per heavy atom. The molecule has 0 bridgehead atoms. The summed E-state index contributed by atoms with van der Waals surface area (Å²) in [6.07, 6.45) is -1.56. The smallest absolute Gasteiger partial charge is 0.228 e. The van der Waals surface area contributed by atoms with Crippen LogP contribution in [0.5, 0.6) is 5.88 Å². The number of nitrogen functional groups attached to an aromatic ring is 1. The normalized spacial score (nSPS) is 18.2. The van der Waals surface area contributed by atoms with Gasteiger partial charge in [-0.05, 0) is 68.7 Å². The van der Waals surface area contributed by atoms with Gasteiger partial charge >= 0.3 is 0 Å². The third-order valence-corrected chi connectivity index (χ3v) is 6.71. The molecule has 0 aliphatic carbocycles. The molecule has 190 valence electrons. The van der Waals surface area contributed by atoms with E-state index in [0.29, 0.717) is 23.6 Å². The molecule has 1 fully saturated rings. The number of rotatable bonds is 7. The summed E-state index contributed by atoms with van der Waals surface area (Å²) in [4.78, 5) is 10.7. The SMILES string of the molecule is CC(=N)c1c(N)nc(-c2ccc(NSc3cc(Cl)ccc3F)c(F)c2)nc1OC1CCN(C)CC1F. The first-order valence-electron chi connectivity index (χ1n) is 11.0. The lowest BCUT2D eigenvalue weighted by Crippen LogP contribution is -2.45. The molecule has 4 N–H and O–H groups in total. The van der Waals surface area contributed by atoms with Gasteiger partial charge in [0.25, 0.3) is 0 Å². The molecular formula is C24H24ClF3N6OS. The van der Waals surface area contributed by atoms with Crippen molar-refractivity contribution in [2.75, 3.05) is 30.6 Å². The lowest BCUT2D eigenvalue weighted by Gasteiger charge is -2.32. The summed E-state index contributed by atoms with van der Waals surface area (Å²) >= 11 is 6.77. The molecule has 2 heterocycles. The standard InChI is InChI=1S/C24H24ClF3N6OS/c1-12(29)21-22(30)31-23(32-24(21)35-19-7-8-34(2)11-17(19)28)13-3-6-18(16(27)9-13)33-36-20-10-14(25)4-5-15(20)26/h3-6,9-10,17,19,29,33H,7-8,11H2,1-2H3,(H2,30,31,32). The molecule has 1 aliphatic heterocycles. The van der Waals surface area contributed by atoms with Gasteiger partial charge in [0, 0.05) is 29.4 Å². The minimum atomic E-state index is -1.24. The molecule has 2 aromatic carbocycles. The first kappa shape index (κ1) is 26.1. The minimum absolute atomic E-state index is 0.0169. The van der Waals surface area contributed by atoms with Crippen LogP contribution in [0.4, 0.5) is 24.7 Å². The highest BCUT2D eigenvalue weighted by Crippen LogP contribution is 2.32. The summed E-state index contributed by atoms with van der Waals surface area (Å²) in [5.74, 6) is -1.11. The lowest BCUT2D eigenvalue weighted by atomic mass is 10.1. The summed E-state index contributed by atoms with van der Waals surface area (Å²) in [7, 11) is 1.83. The molecule has 12 heteroatoms. The summed E-state index contributed by atoms with van der Waals surface area (Å²) < 4.78 is 52.1. The summed E-state index contributed by atoms with van der Waals surface area (Å²) in [5.41, 5.74) is 6.73. The highest BCUT2D eigenvalue weighted by molar-refractivity contribution is 8.00. The van der Waals surface area contributed by atoms with Crippen molar-refractivity contribution in [2.24, 2.45) is 0 Å². The number of hydrogen-bond donors (Lipinski definition) is 3. The highest BCUT2D eigenvalue weighted by Gasteiger charge is 2.31. The molecule has 1 aromatic heterocycles. The van der Waals surface area contributed by atoms with Crippen molar-refractivity contribution in [1.82, 2.24) is 14.9 Å². The molecular weight excluding hydrogens is 513 g/mol. The maximum Gasteiger partial charge on any atom is 0.228 e. The van der Waals surface area contributed by atoms with Gasteiger partial charge in [-0.3, -0.25) is 0 Å². The van der Waals surface area contributed by atoms with Crippen LogP contribution in [0.15, 0.2) is 41.3 Å². The van der Waals surface area contributed by atoms with Gasteiger partial charge in [0.15, 0.2) is 5.82 Å². The number of anilines is 2. The van der Waals surface area contributed by atoms with Gasteiger partial charge in [-0.15, -0.1) is 0 Å². The molecule has 3 aromatic rings. The van der Waals surface area contributed by atoms with E-state index >= 15 is 0 Å². The number of piperidine rings is 1. The molecule has 1 saturated heterocycles. The van der Waals surface area contributed by atoms with Gasteiger partial charge in [-0.1, -0.05) is 11.6 Å². The van der Waals surface area contributed by atoms with E-state index in [0.717, 1.165) is 11.9 Å². The van der Waals surface area contributed by atoms with Gasteiger partial charge in [0.2, 0.25) is 5.88 Å². The second-order valence-corrected chi connectivity index (χ2v) is 9.72. The summed E-state index contributed by atoms with van der Waals surface area (Å²) in [5, 5.41) is 8.41. The average Bonchev–Trinajstić information content (AvgIpc) is 2.81. The summed E-state index contributed by atoms with van der Waals surface area (Å²) in [6.45, 7) is 2.37. The molecule has 2 atom stereocenters. The van der Waals surface area contributed by atoms with Crippen molar-refractivity contribution in [2.45, 2.75) is 30.5 Å². The number of ether oxygens (including phenoxy) is 1. The molecule has 36 heavy (non-hydrogen) atoms. The number of aromatic nitrogens is 2. The van der Waals surface area contributed by atoms with Crippen LogP contribution in [0.3, 0.4) is 0 Å². The first-order chi connectivity index (χ1) is 17.1. The predicted octanol–water partition coefficient (Wildman–Crippen LogP) is 5.59. The molecule has 7 nitrogen and oxygen atoms in total. The van der Waals surface area contributed by atoms with Crippen LogP contribution < -0.4 is 15.2 Å². The Morgan fingerprint density at radius 1 is 1.22 bits per heavy atom. The van der Waals surface area contributed by atoms with Crippen LogP contribution in [-0.4, -0.2) is 53.0 Å². The van der Waals surface area contributed by atoms with Crippen molar-refractivity contribution in [3.8, 4) is 17.3 Å². The zero-order valence-electron chi connectivity index (χ0n) is 19.5. The number of alkyl halides is 1. The van der Waals surface area contributed by atoms with Gasteiger partial charge in [-0.2, -0.15) is 4.98 Å². The fraction of sp³-hybridized carbons (Fsp3) is 0.292. The Labute approximate surface area is 215 Å². The zero-order valence-corrected chi connectivity index (χ0v) is 21.1. The van der Waals surface area contributed by atoms with Crippen LogP contribution in [-0.2, 0) is 0 Å². The second-order valence-electron chi connectivity index (χ2n) is 8.43. The Morgan fingerprint density at radius 2 is 2.00 bits per heavy atom. The molecule has 0 spiro atoms. The molecule has 0 saturated carbocycles. The fourth-order valence-electron chi connectivity index (χ4n) is 3.74. The number of halogens is 4. The molecule has 1 aliphatic rings. The lowest BCUT2D eigenvalue weighted by molar-refractivity contribution is 0.0286. The van der Waals surface area contributed by atoms with E-state index in [1.807, 2.05) is 11.9 Å². The van der Waals surface area contributed by atoms with Crippen LogP contribution in [0.25, 0.3) is 11.4 Å². The van der Waals surface area contributed by atoms with Gasteiger partial charge in [-0.25, -0.2) is 18.2 Å². The first-order valence-corrected chi connectivity index (χ1v) is 12.2. The number of hydrogen-bond acceptors (Lipinski definition) is 8. The largest absolute Gasteiger partial charge is 0.471 e. The fourth-order valence-corrected chi connectivity index (χ4v) is 4.71. The van der Waals surface area contributed by atoms with Crippen LogP contribution in [0, 0.1) is 17.0 Å². The van der Waals surface area contributed by atoms with Gasteiger partial charge < -0.3 is 25.5 Å². The molecule has 0 radical (unpaired) electrons. The number of nitrogens with zero attached hydrogens (tertiary/aromatic N) is 3. The number of likely N-dealkylation sites (tertiary alicyclic amines) is 1. The number of benzene rings is 2. The number of nitrogens with one attached hydrogen (secondary N) is 2. The third kappa shape index (κ3) is 5.85. The van der Waals surface area contributed by atoms with Gasteiger partial charge in [0.1, 0.15) is 29.7 Å². The molecule has 0 amide bonds. The van der Waals surface area contributed by atoms with Crippen LogP contribution in [0.1, 0.15) is 18.9 Å². The summed E-state index contributed by atoms with van der Waals surface area (Å²) in [6, 6.07) is 8.28. The Hall–Kier alpha value is -3.02. The maximum atomic E-state index is 14.9. The molecule has 2 unspecified atom stereocenters.